The zero-order valence-corrected chi connectivity index (χ0v) is 21.3. The summed E-state index contributed by atoms with van der Waals surface area (Å²) in [5.41, 5.74) is 1.79. The van der Waals surface area contributed by atoms with Gasteiger partial charge < -0.3 is 4.74 Å². The molecule has 4 rings (SSSR count). The van der Waals surface area contributed by atoms with E-state index in [0.29, 0.717) is 35.2 Å². The minimum absolute atomic E-state index is 0.154. The van der Waals surface area contributed by atoms with Crippen molar-refractivity contribution < 1.29 is 17.9 Å². The van der Waals surface area contributed by atoms with Crippen LogP contribution >= 0.6 is 11.3 Å². The summed E-state index contributed by atoms with van der Waals surface area (Å²) < 4.78 is 33.3. The summed E-state index contributed by atoms with van der Waals surface area (Å²) in [5.74, 6) is 0.385. The normalized spacial score (nSPS) is 11.7. The lowest BCUT2D eigenvalue weighted by atomic mass is 10.2. The first kappa shape index (κ1) is 24.8. The van der Waals surface area contributed by atoms with Gasteiger partial charge in [0.2, 0.25) is 10.0 Å². The third kappa shape index (κ3) is 5.19. The molecular formula is C25H26N4O4S2. The monoisotopic (exact) mass is 510 g/mol. The van der Waals surface area contributed by atoms with Crippen molar-refractivity contribution in [2.24, 2.45) is 0 Å². The molecule has 2 heterocycles. The van der Waals surface area contributed by atoms with Gasteiger partial charge in [0, 0.05) is 30.9 Å². The van der Waals surface area contributed by atoms with Gasteiger partial charge in [0.25, 0.3) is 5.91 Å². The number of rotatable bonds is 9. The Kier molecular flexibility index (Phi) is 7.44. The number of fused-ring (bicyclic) bond motifs is 1. The van der Waals surface area contributed by atoms with Crippen LogP contribution in [0.5, 0.6) is 5.75 Å². The Morgan fingerprint density at radius 3 is 2.40 bits per heavy atom. The molecule has 0 aliphatic rings. The van der Waals surface area contributed by atoms with Gasteiger partial charge in [0.15, 0.2) is 5.13 Å². The molecule has 2 aromatic carbocycles. The SMILES string of the molecule is CCN(CC)S(=O)(=O)c1ccc(C(=O)N(Cc2ccccn2)c2nc3cc(OC)ccc3s2)cc1. The fourth-order valence-electron chi connectivity index (χ4n) is 3.66. The molecule has 0 radical (unpaired) electrons. The van der Waals surface area contributed by atoms with Gasteiger partial charge in [0.05, 0.1) is 34.5 Å². The molecule has 0 saturated heterocycles. The number of thiazole rings is 1. The van der Waals surface area contributed by atoms with Crippen LogP contribution < -0.4 is 9.64 Å². The molecule has 1 amide bonds. The Bertz CT molecular complexity index is 1420. The van der Waals surface area contributed by atoms with Crippen LogP contribution in [0.1, 0.15) is 29.9 Å². The van der Waals surface area contributed by atoms with Gasteiger partial charge in [-0.25, -0.2) is 13.4 Å². The molecule has 0 atom stereocenters. The van der Waals surface area contributed by atoms with Crippen molar-refractivity contribution in [1.82, 2.24) is 14.3 Å². The number of methoxy groups -OCH3 is 1. The first-order valence-electron chi connectivity index (χ1n) is 11.1. The Morgan fingerprint density at radius 1 is 1.03 bits per heavy atom. The van der Waals surface area contributed by atoms with Gasteiger partial charge in [-0.2, -0.15) is 4.31 Å². The van der Waals surface area contributed by atoms with Gasteiger partial charge in [-0.1, -0.05) is 31.3 Å². The molecule has 35 heavy (non-hydrogen) atoms. The second-order valence-corrected chi connectivity index (χ2v) is 10.6. The maximum atomic E-state index is 13.6. The van der Waals surface area contributed by atoms with Crippen LogP contribution in [0.2, 0.25) is 0 Å². The molecule has 0 aliphatic heterocycles. The number of hydrogen-bond donors (Lipinski definition) is 0. The number of aromatic nitrogens is 2. The van der Waals surface area contributed by atoms with Crippen LogP contribution in [-0.2, 0) is 16.6 Å². The van der Waals surface area contributed by atoms with E-state index in [1.807, 2.05) is 36.4 Å². The van der Waals surface area contributed by atoms with Crippen molar-refractivity contribution in [3.63, 3.8) is 0 Å². The van der Waals surface area contributed by atoms with E-state index >= 15 is 0 Å². The van der Waals surface area contributed by atoms with E-state index in [1.165, 1.54) is 27.8 Å². The van der Waals surface area contributed by atoms with E-state index < -0.39 is 10.0 Å². The van der Waals surface area contributed by atoms with E-state index in [4.69, 9.17) is 4.74 Å². The number of carbonyl (C=O) groups excluding carboxylic acids is 1. The largest absolute Gasteiger partial charge is 0.497 e. The standard InChI is InChI=1S/C25H26N4O4S2/c1-4-28(5-2)35(31,32)21-12-9-18(10-13-21)24(30)29(17-19-8-6-7-15-26-19)25-27-22-16-20(33-3)11-14-23(22)34-25/h6-16H,4-5,17H2,1-3H3. The predicted molar refractivity (Wildman–Crippen MR) is 137 cm³/mol. The second kappa shape index (κ2) is 10.5. The molecule has 0 fully saturated rings. The maximum Gasteiger partial charge on any atom is 0.260 e. The number of anilines is 1. The number of pyridine rings is 1. The number of hydrogen-bond acceptors (Lipinski definition) is 7. The summed E-state index contributed by atoms with van der Waals surface area (Å²) in [4.78, 5) is 24.4. The Labute approximate surface area is 208 Å². The van der Waals surface area contributed by atoms with Gasteiger partial charge in [-0.05, 0) is 48.5 Å². The zero-order chi connectivity index (χ0) is 25.0. The summed E-state index contributed by atoms with van der Waals surface area (Å²) in [6, 6.07) is 17.1. The molecule has 4 aromatic rings. The van der Waals surface area contributed by atoms with Crippen LogP contribution in [0.4, 0.5) is 5.13 Å². The molecular weight excluding hydrogens is 484 g/mol. The number of ether oxygens (including phenoxy) is 1. The average molecular weight is 511 g/mol. The van der Waals surface area contributed by atoms with Crippen molar-refractivity contribution in [1.29, 1.82) is 0 Å². The third-order valence-electron chi connectivity index (χ3n) is 5.55. The van der Waals surface area contributed by atoms with Crippen molar-refractivity contribution in [2.75, 3.05) is 25.1 Å². The lowest BCUT2D eigenvalue weighted by molar-refractivity contribution is 0.0984. The Morgan fingerprint density at radius 2 is 1.77 bits per heavy atom. The highest BCUT2D eigenvalue weighted by atomic mass is 32.2. The van der Waals surface area contributed by atoms with E-state index in [9.17, 15) is 13.2 Å². The Hall–Kier alpha value is -3.34. The first-order chi connectivity index (χ1) is 16.9. The van der Waals surface area contributed by atoms with E-state index in [1.54, 1.807) is 44.2 Å². The van der Waals surface area contributed by atoms with Gasteiger partial charge >= 0.3 is 0 Å². The summed E-state index contributed by atoms with van der Waals surface area (Å²) in [6.45, 7) is 4.56. The van der Waals surface area contributed by atoms with E-state index in [2.05, 4.69) is 9.97 Å². The highest BCUT2D eigenvalue weighted by Crippen LogP contribution is 2.33. The minimum atomic E-state index is -3.61. The highest BCUT2D eigenvalue weighted by Gasteiger charge is 2.25. The highest BCUT2D eigenvalue weighted by molar-refractivity contribution is 7.89. The smallest absolute Gasteiger partial charge is 0.260 e. The molecule has 2 aromatic heterocycles. The topological polar surface area (TPSA) is 92.7 Å². The first-order valence-corrected chi connectivity index (χ1v) is 13.4. The van der Waals surface area contributed by atoms with Crippen LogP contribution in [0.3, 0.4) is 0 Å². The summed E-state index contributed by atoms with van der Waals surface area (Å²) in [6.07, 6.45) is 1.67. The molecule has 0 N–H and O–H groups in total. The molecule has 182 valence electrons. The summed E-state index contributed by atoms with van der Waals surface area (Å²) in [5, 5.41) is 0.517. The van der Waals surface area contributed by atoms with Gasteiger partial charge in [-0.15, -0.1) is 0 Å². The molecule has 10 heteroatoms. The molecule has 0 saturated carbocycles. The number of nitrogens with zero attached hydrogens (tertiary/aromatic N) is 4. The fourth-order valence-corrected chi connectivity index (χ4v) is 6.06. The van der Waals surface area contributed by atoms with Crippen LogP contribution in [-0.4, -0.2) is 48.8 Å². The van der Waals surface area contributed by atoms with Crippen molar-refractivity contribution in [2.45, 2.75) is 25.3 Å². The number of carbonyl (C=O) groups is 1. The summed E-state index contributed by atoms with van der Waals surface area (Å²) in [7, 11) is -2.02. The molecule has 0 unspecified atom stereocenters. The quantitative estimate of drug-likeness (QED) is 0.327. The lowest BCUT2D eigenvalue weighted by Gasteiger charge is -2.21. The van der Waals surface area contributed by atoms with Gasteiger partial charge in [-0.3, -0.25) is 14.7 Å². The number of amides is 1. The van der Waals surface area contributed by atoms with Crippen molar-refractivity contribution >= 4 is 42.6 Å². The fraction of sp³-hybridized carbons (Fsp3) is 0.240. The Balaban J connectivity index is 1.70. The van der Waals surface area contributed by atoms with Gasteiger partial charge in [0.1, 0.15) is 5.75 Å². The minimum Gasteiger partial charge on any atom is -0.497 e. The molecule has 0 spiro atoms. The molecule has 8 nitrogen and oxygen atoms in total. The van der Waals surface area contributed by atoms with Crippen molar-refractivity contribution in [3.05, 3.63) is 78.1 Å². The third-order valence-corrected chi connectivity index (χ3v) is 8.67. The van der Waals surface area contributed by atoms with Crippen molar-refractivity contribution in [3.8, 4) is 5.75 Å². The lowest BCUT2D eigenvalue weighted by Crippen LogP contribution is -2.31. The van der Waals surface area contributed by atoms with Crippen LogP contribution in [0.15, 0.2) is 71.8 Å². The average Bonchev–Trinajstić information content (AvgIpc) is 3.31. The number of sulfonamides is 1. The second-order valence-electron chi connectivity index (χ2n) is 7.66. The molecule has 0 aliphatic carbocycles. The maximum absolute atomic E-state index is 13.6. The van der Waals surface area contributed by atoms with Crippen LogP contribution in [0, 0.1) is 0 Å². The number of benzene rings is 2. The zero-order valence-electron chi connectivity index (χ0n) is 19.7. The summed E-state index contributed by atoms with van der Waals surface area (Å²) >= 11 is 1.39. The molecule has 0 bridgehead atoms. The van der Waals surface area contributed by atoms with Crippen LogP contribution in [0.25, 0.3) is 10.2 Å². The van der Waals surface area contributed by atoms with E-state index in [0.717, 1.165) is 10.2 Å². The predicted octanol–water partition coefficient (Wildman–Crippen LogP) is 4.58. The van der Waals surface area contributed by atoms with E-state index in [-0.39, 0.29) is 17.3 Å².